The van der Waals surface area contributed by atoms with Crippen molar-refractivity contribution in [2.24, 2.45) is 0 Å². The Kier molecular flexibility index (Phi) is 9.01. The van der Waals surface area contributed by atoms with Crippen molar-refractivity contribution in [2.45, 2.75) is 77.2 Å². The molecule has 1 heterocycles. The summed E-state index contributed by atoms with van der Waals surface area (Å²) in [6.45, 7) is 3.18. The molecule has 1 aliphatic heterocycles. The van der Waals surface area contributed by atoms with Crippen molar-refractivity contribution in [2.75, 3.05) is 13.7 Å². The van der Waals surface area contributed by atoms with Crippen LogP contribution in [0.2, 0.25) is 0 Å². The number of rotatable bonds is 10. The summed E-state index contributed by atoms with van der Waals surface area (Å²) < 4.78 is 5.43. The summed E-state index contributed by atoms with van der Waals surface area (Å²) >= 11 is 0. The SMILES string of the molecule is CCCCCCCCCC(NC)C1=COCCC1. The first-order chi connectivity index (χ1) is 8.88. The van der Waals surface area contributed by atoms with Crippen LogP contribution in [0.1, 0.15) is 71.1 Å². The fourth-order valence-corrected chi connectivity index (χ4v) is 2.66. The molecule has 1 N–H and O–H groups in total. The third kappa shape index (κ3) is 6.44. The van der Waals surface area contributed by atoms with E-state index in [9.17, 15) is 0 Å². The average molecular weight is 253 g/mol. The first-order valence-corrected chi connectivity index (χ1v) is 7.86. The second kappa shape index (κ2) is 10.4. The minimum Gasteiger partial charge on any atom is -0.501 e. The molecule has 2 heteroatoms. The van der Waals surface area contributed by atoms with Gasteiger partial charge in [-0.1, -0.05) is 51.9 Å². The summed E-state index contributed by atoms with van der Waals surface area (Å²) in [7, 11) is 2.07. The zero-order valence-corrected chi connectivity index (χ0v) is 12.3. The molecule has 0 aromatic carbocycles. The Labute approximate surface area is 113 Å². The van der Waals surface area contributed by atoms with Gasteiger partial charge >= 0.3 is 0 Å². The minimum absolute atomic E-state index is 0.543. The highest BCUT2D eigenvalue weighted by Crippen LogP contribution is 2.20. The van der Waals surface area contributed by atoms with Crippen molar-refractivity contribution in [3.05, 3.63) is 11.8 Å². The molecule has 0 aromatic rings. The quantitative estimate of drug-likeness (QED) is 0.582. The Hall–Kier alpha value is -0.500. The van der Waals surface area contributed by atoms with Gasteiger partial charge < -0.3 is 10.1 Å². The van der Waals surface area contributed by atoms with Gasteiger partial charge in [-0.05, 0) is 31.9 Å². The van der Waals surface area contributed by atoms with Gasteiger partial charge in [-0.3, -0.25) is 0 Å². The smallest absolute Gasteiger partial charge is 0.0876 e. The van der Waals surface area contributed by atoms with Crippen LogP contribution in [0.25, 0.3) is 0 Å². The Morgan fingerprint density at radius 1 is 1.17 bits per heavy atom. The van der Waals surface area contributed by atoms with Gasteiger partial charge in [0.1, 0.15) is 0 Å². The van der Waals surface area contributed by atoms with Crippen LogP contribution in [0, 0.1) is 0 Å². The van der Waals surface area contributed by atoms with Crippen molar-refractivity contribution in [1.29, 1.82) is 0 Å². The lowest BCUT2D eigenvalue weighted by Crippen LogP contribution is -2.28. The van der Waals surface area contributed by atoms with Crippen molar-refractivity contribution >= 4 is 0 Å². The molecule has 0 aliphatic carbocycles. The Bertz CT molecular complexity index is 225. The van der Waals surface area contributed by atoms with Crippen LogP contribution in [-0.4, -0.2) is 19.7 Å². The van der Waals surface area contributed by atoms with E-state index in [0.29, 0.717) is 6.04 Å². The second-order valence-corrected chi connectivity index (χ2v) is 5.42. The van der Waals surface area contributed by atoms with Crippen LogP contribution < -0.4 is 5.32 Å². The molecule has 0 saturated heterocycles. The lowest BCUT2D eigenvalue weighted by atomic mass is 9.96. The van der Waals surface area contributed by atoms with E-state index in [-0.39, 0.29) is 0 Å². The molecule has 1 rings (SSSR count). The van der Waals surface area contributed by atoms with E-state index in [1.165, 1.54) is 69.8 Å². The van der Waals surface area contributed by atoms with Gasteiger partial charge in [0.15, 0.2) is 0 Å². The van der Waals surface area contributed by atoms with E-state index in [2.05, 4.69) is 19.3 Å². The highest BCUT2D eigenvalue weighted by molar-refractivity contribution is 5.09. The van der Waals surface area contributed by atoms with Gasteiger partial charge in [0.05, 0.1) is 12.9 Å². The number of likely N-dealkylation sites (N-methyl/N-ethyl adjacent to an activating group) is 1. The fraction of sp³-hybridized carbons (Fsp3) is 0.875. The highest BCUT2D eigenvalue weighted by Gasteiger charge is 2.14. The fourth-order valence-electron chi connectivity index (χ4n) is 2.66. The molecule has 0 amide bonds. The highest BCUT2D eigenvalue weighted by atomic mass is 16.5. The number of hydrogen-bond acceptors (Lipinski definition) is 2. The molecule has 0 radical (unpaired) electrons. The van der Waals surface area contributed by atoms with E-state index >= 15 is 0 Å². The molecule has 1 atom stereocenters. The molecule has 2 nitrogen and oxygen atoms in total. The van der Waals surface area contributed by atoms with E-state index in [1.54, 1.807) is 0 Å². The molecule has 1 aliphatic rings. The predicted molar refractivity (Wildman–Crippen MR) is 78.7 cm³/mol. The normalized spacial score (nSPS) is 17.1. The largest absolute Gasteiger partial charge is 0.501 e. The van der Waals surface area contributed by atoms with Gasteiger partial charge in [0, 0.05) is 6.04 Å². The van der Waals surface area contributed by atoms with E-state index in [1.807, 2.05) is 6.26 Å². The zero-order valence-electron chi connectivity index (χ0n) is 12.3. The lowest BCUT2D eigenvalue weighted by molar-refractivity contribution is 0.219. The summed E-state index contributed by atoms with van der Waals surface area (Å²) in [5, 5.41) is 3.43. The predicted octanol–water partition coefficient (Wildman–Crippen LogP) is 4.41. The summed E-state index contributed by atoms with van der Waals surface area (Å²) in [5.74, 6) is 0. The summed E-state index contributed by atoms with van der Waals surface area (Å²) in [6, 6.07) is 0.543. The second-order valence-electron chi connectivity index (χ2n) is 5.42. The average Bonchev–Trinajstić information content (AvgIpc) is 2.43. The molecule has 106 valence electrons. The van der Waals surface area contributed by atoms with Gasteiger partial charge in [-0.2, -0.15) is 0 Å². The molecule has 0 fully saturated rings. The molecule has 0 bridgehead atoms. The van der Waals surface area contributed by atoms with Crippen molar-refractivity contribution in [3.63, 3.8) is 0 Å². The van der Waals surface area contributed by atoms with Crippen LogP contribution in [0.4, 0.5) is 0 Å². The van der Waals surface area contributed by atoms with Gasteiger partial charge in [-0.25, -0.2) is 0 Å². The minimum atomic E-state index is 0.543. The van der Waals surface area contributed by atoms with Gasteiger partial charge in [-0.15, -0.1) is 0 Å². The molecule has 0 aromatic heterocycles. The third-order valence-electron chi connectivity index (χ3n) is 3.85. The Morgan fingerprint density at radius 2 is 1.89 bits per heavy atom. The van der Waals surface area contributed by atoms with Crippen molar-refractivity contribution in [3.8, 4) is 0 Å². The molecule has 18 heavy (non-hydrogen) atoms. The Morgan fingerprint density at radius 3 is 2.50 bits per heavy atom. The van der Waals surface area contributed by atoms with Crippen LogP contribution in [0.15, 0.2) is 11.8 Å². The molecule has 0 saturated carbocycles. The zero-order chi connectivity index (χ0) is 13.1. The molecular formula is C16H31NO. The van der Waals surface area contributed by atoms with Gasteiger partial charge in [0.2, 0.25) is 0 Å². The van der Waals surface area contributed by atoms with Crippen LogP contribution >= 0.6 is 0 Å². The summed E-state index contributed by atoms with van der Waals surface area (Å²) in [5.41, 5.74) is 1.47. The summed E-state index contributed by atoms with van der Waals surface area (Å²) in [4.78, 5) is 0. The topological polar surface area (TPSA) is 21.3 Å². The lowest BCUT2D eigenvalue weighted by Gasteiger charge is -2.22. The van der Waals surface area contributed by atoms with Crippen molar-refractivity contribution < 1.29 is 4.74 Å². The first-order valence-electron chi connectivity index (χ1n) is 7.86. The molecular weight excluding hydrogens is 222 g/mol. The number of unbranched alkanes of at least 4 members (excludes halogenated alkanes) is 6. The first kappa shape index (κ1) is 15.6. The maximum absolute atomic E-state index is 5.43. The maximum Gasteiger partial charge on any atom is 0.0876 e. The number of hydrogen-bond donors (Lipinski definition) is 1. The summed E-state index contributed by atoms with van der Waals surface area (Å²) in [6.07, 6.45) is 15.4. The van der Waals surface area contributed by atoms with E-state index in [0.717, 1.165) is 6.61 Å². The molecule has 1 unspecified atom stereocenters. The van der Waals surface area contributed by atoms with Crippen LogP contribution in [0.5, 0.6) is 0 Å². The van der Waals surface area contributed by atoms with Gasteiger partial charge in [0.25, 0.3) is 0 Å². The maximum atomic E-state index is 5.43. The third-order valence-corrected chi connectivity index (χ3v) is 3.85. The van der Waals surface area contributed by atoms with Crippen molar-refractivity contribution in [1.82, 2.24) is 5.32 Å². The monoisotopic (exact) mass is 253 g/mol. The van der Waals surface area contributed by atoms with E-state index in [4.69, 9.17) is 4.74 Å². The van der Waals surface area contributed by atoms with Crippen LogP contribution in [-0.2, 0) is 4.74 Å². The number of ether oxygens (including phenoxy) is 1. The molecule has 0 spiro atoms. The number of nitrogens with one attached hydrogen (secondary N) is 1. The standard InChI is InChI=1S/C16H31NO/c1-3-4-5-6-7-8-9-12-16(17-2)15-11-10-13-18-14-15/h14,16-17H,3-13H2,1-2H3. The Balaban J connectivity index is 2.06. The van der Waals surface area contributed by atoms with E-state index < -0.39 is 0 Å². The van der Waals surface area contributed by atoms with Crippen LogP contribution in [0.3, 0.4) is 0 Å².